The lowest BCUT2D eigenvalue weighted by Gasteiger charge is -2.09. The van der Waals surface area contributed by atoms with Gasteiger partial charge in [0.05, 0.1) is 17.7 Å². The monoisotopic (exact) mass is 364 g/mol. The largest absolute Gasteiger partial charge is 0.330 e. The molecule has 0 saturated carbocycles. The Morgan fingerprint density at radius 2 is 1.92 bits per heavy atom. The van der Waals surface area contributed by atoms with E-state index in [4.69, 9.17) is 0 Å². The van der Waals surface area contributed by atoms with Crippen LogP contribution in [0.4, 0.5) is 0 Å². The standard InChI is InChI=1S/C19H16N4O2S/c24-18-14(10-20-19(25)22-18)6-8-23-12-21-16(13-4-2-1-3-5-13)17(23)15-7-9-26-11-15/h1-5,7,9-12H,6,8H2,(H2,20,22,24,25). The van der Waals surface area contributed by atoms with Gasteiger partial charge in [-0.1, -0.05) is 30.3 Å². The summed E-state index contributed by atoms with van der Waals surface area (Å²) in [5.41, 5.74) is 3.78. The van der Waals surface area contributed by atoms with E-state index in [1.54, 1.807) is 17.7 Å². The van der Waals surface area contributed by atoms with Crippen molar-refractivity contribution >= 4 is 11.3 Å². The Kier molecular flexibility index (Phi) is 4.37. The molecule has 26 heavy (non-hydrogen) atoms. The Bertz CT molecular complexity index is 1120. The minimum atomic E-state index is -0.494. The lowest BCUT2D eigenvalue weighted by Crippen LogP contribution is -2.25. The summed E-state index contributed by atoms with van der Waals surface area (Å²) in [7, 11) is 0. The molecule has 0 amide bonds. The second kappa shape index (κ2) is 6.97. The zero-order valence-corrected chi connectivity index (χ0v) is 14.6. The number of aryl methyl sites for hydroxylation is 2. The molecule has 0 unspecified atom stereocenters. The van der Waals surface area contributed by atoms with Crippen molar-refractivity contribution < 1.29 is 0 Å². The highest BCUT2D eigenvalue weighted by molar-refractivity contribution is 7.08. The van der Waals surface area contributed by atoms with Gasteiger partial charge in [0.2, 0.25) is 0 Å². The van der Waals surface area contributed by atoms with E-state index >= 15 is 0 Å². The van der Waals surface area contributed by atoms with E-state index in [0.29, 0.717) is 18.5 Å². The zero-order chi connectivity index (χ0) is 17.9. The van der Waals surface area contributed by atoms with Crippen molar-refractivity contribution in [3.8, 4) is 22.5 Å². The molecule has 0 saturated heterocycles. The maximum atomic E-state index is 11.9. The van der Waals surface area contributed by atoms with Gasteiger partial charge in [-0.3, -0.25) is 9.78 Å². The number of nitrogens with one attached hydrogen (secondary N) is 2. The van der Waals surface area contributed by atoms with Crippen LogP contribution in [0.1, 0.15) is 5.56 Å². The van der Waals surface area contributed by atoms with Crippen LogP contribution < -0.4 is 11.2 Å². The Morgan fingerprint density at radius 1 is 1.08 bits per heavy atom. The van der Waals surface area contributed by atoms with Crippen molar-refractivity contribution in [3.05, 3.63) is 86.1 Å². The van der Waals surface area contributed by atoms with Crippen LogP contribution in [0.5, 0.6) is 0 Å². The van der Waals surface area contributed by atoms with Gasteiger partial charge < -0.3 is 9.55 Å². The van der Waals surface area contributed by atoms with Gasteiger partial charge in [0, 0.05) is 34.8 Å². The second-order valence-electron chi connectivity index (χ2n) is 5.86. The normalized spacial score (nSPS) is 10.9. The van der Waals surface area contributed by atoms with Crippen LogP contribution in [0, 0.1) is 0 Å². The van der Waals surface area contributed by atoms with Crippen molar-refractivity contribution in [2.45, 2.75) is 13.0 Å². The fourth-order valence-corrected chi connectivity index (χ4v) is 3.57. The fraction of sp³-hybridized carbons (Fsp3) is 0.105. The highest BCUT2D eigenvalue weighted by Gasteiger charge is 2.15. The van der Waals surface area contributed by atoms with E-state index in [1.807, 2.05) is 35.7 Å². The van der Waals surface area contributed by atoms with Gasteiger partial charge in [0.25, 0.3) is 5.56 Å². The summed E-state index contributed by atoms with van der Waals surface area (Å²) in [5.74, 6) is 0. The smallest absolute Gasteiger partial charge is 0.325 e. The Hall–Kier alpha value is -3.19. The first-order valence-electron chi connectivity index (χ1n) is 8.16. The highest BCUT2D eigenvalue weighted by atomic mass is 32.1. The molecule has 3 heterocycles. The molecular weight excluding hydrogens is 348 g/mol. The SMILES string of the molecule is O=c1[nH]cc(CCn2cnc(-c3ccccc3)c2-c2ccsc2)c(=O)[nH]1. The molecule has 0 aliphatic heterocycles. The predicted octanol–water partition coefficient (Wildman–Crippen LogP) is 2.90. The first-order chi connectivity index (χ1) is 12.7. The van der Waals surface area contributed by atoms with Crippen LogP contribution in [0.25, 0.3) is 22.5 Å². The van der Waals surface area contributed by atoms with Crippen LogP contribution in [0.3, 0.4) is 0 Å². The summed E-state index contributed by atoms with van der Waals surface area (Å²) in [4.78, 5) is 32.5. The zero-order valence-electron chi connectivity index (χ0n) is 13.8. The molecule has 0 fully saturated rings. The average Bonchev–Trinajstić information content (AvgIpc) is 3.31. The lowest BCUT2D eigenvalue weighted by molar-refractivity contribution is 0.693. The van der Waals surface area contributed by atoms with E-state index in [9.17, 15) is 9.59 Å². The molecule has 0 bridgehead atoms. The van der Waals surface area contributed by atoms with E-state index in [1.165, 1.54) is 6.20 Å². The summed E-state index contributed by atoms with van der Waals surface area (Å²) >= 11 is 1.63. The third-order valence-corrected chi connectivity index (χ3v) is 4.88. The molecule has 7 heteroatoms. The molecule has 0 aliphatic rings. The number of nitrogens with zero attached hydrogens (tertiary/aromatic N) is 2. The van der Waals surface area contributed by atoms with Crippen molar-refractivity contribution in [1.82, 2.24) is 19.5 Å². The van der Waals surface area contributed by atoms with Gasteiger partial charge in [-0.25, -0.2) is 9.78 Å². The third kappa shape index (κ3) is 3.16. The van der Waals surface area contributed by atoms with Crippen LogP contribution >= 0.6 is 11.3 Å². The first kappa shape index (κ1) is 16.3. The summed E-state index contributed by atoms with van der Waals surface area (Å²) in [6, 6.07) is 12.1. The molecule has 2 N–H and O–H groups in total. The third-order valence-electron chi connectivity index (χ3n) is 4.20. The predicted molar refractivity (Wildman–Crippen MR) is 102 cm³/mol. The van der Waals surface area contributed by atoms with E-state index < -0.39 is 5.69 Å². The second-order valence-corrected chi connectivity index (χ2v) is 6.64. The van der Waals surface area contributed by atoms with Gasteiger partial charge in [-0.15, -0.1) is 0 Å². The minimum absolute atomic E-state index is 0.353. The number of H-pyrrole nitrogens is 2. The fourth-order valence-electron chi connectivity index (χ4n) is 2.93. The summed E-state index contributed by atoms with van der Waals surface area (Å²) in [5, 5.41) is 4.13. The maximum Gasteiger partial charge on any atom is 0.325 e. The van der Waals surface area contributed by atoms with Crippen LogP contribution in [0.2, 0.25) is 0 Å². The molecule has 6 nitrogen and oxygen atoms in total. The molecule has 3 aromatic heterocycles. The number of aromatic amines is 2. The van der Waals surface area contributed by atoms with Gasteiger partial charge in [0.1, 0.15) is 0 Å². The number of rotatable bonds is 5. The Balaban J connectivity index is 1.71. The number of hydrogen-bond acceptors (Lipinski definition) is 4. The molecule has 4 aromatic rings. The number of hydrogen-bond donors (Lipinski definition) is 2. The molecule has 0 spiro atoms. The summed E-state index contributed by atoms with van der Waals surface area (Å²) < 4.78 is 2.05. The first-order valence-corrected chi connectivity index (χ1v) is 9.10. The number of aromatic nitrogens is 4. The number of imidazole rings is 1. The van der Waals surface area contributed by atoms with Crippen molar-refractivity contribution in [1.29, 1.82) is 0 Å². The lowest BCUT2D eigenvalue weighted by atomic mass is 10.1. The molecule has 130 valence electrons. The summed E-state index contributed by atoms with van der Waals surface area (Å²) in [6.45, 7) is 0.583. The Labute approximate surface area is 152 Å². The quantitative estimate of drug-likeness (QED) is 0.571. The van der Waals surface area contributed by atoms with Gasteiger partial charge in [-0.2, -0.15) is 11.3 Å². The molecule has 1 aromatic carbocycles. The topological polar surface area (TPSA) is 83.5 Å². The van der Waals surface area contributed by atoms with Gasteiger partial charge in [0.15, 0.2) is 0 Å². The van der Waals surface area contributed by atoms with Crippen LogP contribution in [-0.4, -0.2) is 19.5 Å². The van der Waals surface area contributed by atoms with Crippen molar-refractivity contribution in [2.75, 3.05) is 0 Å². The minimum Gasteiger partial charge on any atom is -0.330 e. The van der Waals surface area contributed by atoms with E-state index in [-0.39, 0.29) is 5.56 Å². The maximum absolute atomic E-state index is 11.9. The van der Waals surface area contributed by atoms with Crippen molar-refractivity contribution in [3.63, 3.8) is 0 Å². The van der Waals surface area contributed by atoms with E-state index in [0.717, 1.165) is 22.5 Å². The molecule has 0 radical (unpaired) electrons. The van der Waals surface area contributed by atoms with Crippen LogP contribution in [-0.2, 0) is 13.0 Å². The molecule has 0 aliphatic carbocycles. The Morgan fingerprint density at radius 3 is 2.65 bits per heavy atom. The van der Waals surface area contributed by atoms with Gasteiger partial charge in [-0.05, 0) is 17.9 Å². The molecular formula is C19H16N4O2S. The van der Waals surface area contributed by atoms with E-state index in [2.05, 4.69) is 31.0 Å². The van der Waals surface area contributed by atoms with Crippen LogP contribution in [0.15, 0.2) is 69.3 Å². The van der Waals surface area contributed by atoms with Gasteiger partial charge >= 0.3 is 5.69 Å². The number of benzene rings is 1. The van der Waals surface area contributed by atoms with Crippen molar-refractivity contribution in [2.24, 2.45) is 0 Å². The average molecular weight is 364 g/mol. The number of thiophene rings is 1. The highest BCUT2D eigenvalue weighted by Crippen LogP contribution is 2.32. The molecule has 4 rings (SSSR count). The molecule has 0 atom stereocenters. The summed E-state index contributed by atoms with van der Waals surface area (Å²) in [6.07, 6.45) is 3.77.